The molecule has 0 radical (unpaired) electrons. The van der Waals surface area contributed by atoms with Crippen LogP contribution in [0.4, 0.5) is 0 Å². The zero-order chi connectivity index (χ0) is 19.5. The molecule has 1 heterocycles. The van der Waals surface area contributed by atoms with Crippen molar-refractivity contribution in [3.05, 3.63) is 30.3 Å². The summed E-state index contributed by atoms with van der Waals surface area (Å²) >= 11 is 1.68. The molecule has 2 N–H and O–H groups in total. The number of benzene rings is 1. The van der Waals surface area contributed by atoms with Crippen molar-refractivity contribution in [2.45, 2.75) is 25.3 Å². The van der Waals surface area contributed by atoms with Gasteiger partial charge in [0.15, 0.2) is 6.61 Å². The van der Waals surface area contributed by atoms with Gasteiger partial charge in [-0.1, -0.05) is 18.2 Å². The van der Waals surface area contributed by atoms with E-state index >= 15 is 0 Å². The Labute approximate surface area is 178 Å². The maximum Gasteiger partial charge on any atom is 0.258 e. The number of nitrogens with one attached hydrogen (secondary N) is 2. The van der Waals surface area contributed by atoms with Gasteiger partial charge in [0.2, 0.25) is 5.91 Å². The molecule has 8 heteroatoms. The van der Waals surface area contributed by atoms with Crippen LogP contribution in [0, 0.1) is 5.92 Å². The van der Waals surface area contributed by atoms with Crippen molar-refractivity contribution in [1.29, 1.82) is 0 Å². The number of halogens is 1. The second kappa shape index (κ2) is 13.7. The van der Waals surface area contributed by atoms with E-state index in [2.05, 4.69) is 10.6 Å². The predicted octanol–water partition coefficient (Wildman–Crippen LogP) is 2.18. The van der Waals surface area contributed by atoms with Crippen LogP contribution in [0.15, 0.2) is 30.3 Å². The molecule has 1 aliphatic heterocycles. The molecule has 1 aromatic rings. The Kier molecular flexibility index (Phi) is 12.0. The minimum absolute atomic E-state index is 0. The zero-order valence-corrected chi connectivity index (χ0v) is 18.3. The minimum atomic E-state index is -0.481. The number of carbonyl (C=O) groups is 2. The number of hydrogen-bond donors (Lipinski definition) is 2. The van der Waals surface area contributed by atoms with Crippen LogP contribution >= 0.6 is 24.2 Å². The first-order chi connectivity index (χ1) is 13.1. The standard InChI is InChI=1S/C20H31N3O3S.ClH/c1-21-14-16-8-11-23(12-9-16)20(25)18(10-13-27-2)22-19(24)15-26-17-6-4-3-5-7-17;/h3-7,16,18,21H,8-15H2,1-2H3,(H,22,24);1H. The molecule has 0 bridgehead atoms. The third kappa shape index (κ3) is 8.29. The Morgan fingerprint density at radius 1 is 1.25 bits per heavy atom. The lowest BCUT2D eigenvalue weighted by molar-refractivity contribution is -0.138. The molecular formula is C20H32ClN3O3S. The molecule has 1 aliphatic rings. The molecular weight excluding hydrogens is 398 g/mol. The van der Waals surface area contributed by atoms with E-state index in [0.29, 0.717) is 18.1 Å². The number of carbonyl (C=O) groups excluding carboxylic acids is 2. The molecule has 1 aromatic carbocycles. The fraction of sp³-hybridized carbons (Fsp3) is 0.600. The molecule has 0 saturated carbocycles. The summed E-state index contributed by atoms with van der Waals surface area (Å²) < 4.78 is 5.49. The quantitative estimate of drug-likeness (QED) is 0.596. The average Bonchev–Trinajstić information content (AvgIpc) is 2.70. The van der Waals surface area contributed by atoms with Crippen LogP contribution in [0.1, 0.15) is 19.3 Å². The van der Waals surface area contributed by atoms with Gasteiger partial charge in [-0.25, -0.2) is 0 Å². The number of hydrogen-bond acceptors (Lipinski definition) is 5. The van der Waals surface area contributed by atoms with Crippen LogP contribution in [-0.4, -0.2) is 68.1 Å². The first kappa shape index (κ1) is 24.6. The highest BCUT2D eigenvalue weighted by Crippen LogP contribution is 2.18. The average molecular weight is 430 g/mol. The second-order valence-corrected chi connectivity index (χ2v) is 7.82. The lowest BCUT2D eigenvalue weighted by atomic mass is 9.96. The van der Waals surface area contributed by atoms with Crippen molar-refractivity contribution in [3.63, 3.8) is 0 Å². The Morgan fingerprint density at radius 2 is 1.93 bits per heavy atom. The van der Waals surface area contributed by atoms with E-state index < -0.39 is 6.04 Å². The van der Waals surface area contributed by atoms with Crippen molar-refractivity contribution < 1.29 is 14.3 Å². The number of ether oxygens (including phenoxy) is 1. The van der Waals surface area contributed by atoms with Crippen LogP contribution in [-0.2, 0) is 9.59 Å². The molecule has 1 saturated heterocycles. The molecule has 28 heavy (non-hydrogen) atoms. The monoisotopic (exact) mass is 429 g/mol. The van der Waals surface area contributed by atoms with Crippen LogP contribution in [0.2, 0.25) is 0 Å². The Hall–Kier alpha value is -1.44. The summed E-state index contributed by atoms with van der Waals surface area (Å²) in [5.41, 5.74) is 0. The van der Waals surface area contributed by atoms with Gasteiger partial charge in [0.1, 0.15) is 11.8 Å². The normalized spacial score (nSPS) is 15.4. The van der Waals surface area contributed by atoms with Gasteiger partial charge in [-0.15, -0.1) is 12.4 Å². The Balaban J connectivity index is 0.00000392. The molecule has 6 nitrogen and oxygen atoms in total. The van der Waals surface area contributed by atoms with Crippen molar-refractivity contribution in [2.75, 3.05) is 45.3 Å². The largest absolute Gasteiger partial charge is 0.484 e. The van der Waals surface area contributed by atoms with Gasteiger partial charge in [-0.3, -0.25) is 9.59 Å². The predicted molar refractivity (Wildman–Crippen MR) is 117 cm³/mol. The van der Waals surface area contributed by atoms with Gasteiger partial charge in [0, 0.05) is 13.1 Å². The van der Waals surface area contributed by atoms with E-state index in [1.54, 1.807) is 23.9 Å². The maximum absolute atomic E-state index is 12.9. The number of amides is 2. The highest BCUT2D eigenvalue weighted by Gasteiger charge is 2.29. The highest BCUT2D eigenvalue weighted by molar-refractivity contribution is 7.98. The minimum Gasteiger partial charge on any atom is -0.484 e. The summed E-state index contributed by atoms with van der Waals surface area (Å²) in [6.07, 6.45) is 4.65. The first-order valence-corrected chi connectivity index (χ1v) is 10.9. The Bertz CT molecular complexity index is 583. The summed E-state index contributed by atoms with van der Waals surface area (Å²) in [6, 6.07) is 8.73. The summed E-state index contributed by atoms with van der Waals surface area (Å²) in [5, 5.41) is 6.08. The zero-order valence-electron chi connectivity index (χ0n) is 16.7. The first-order valence-electron chi connectivity index (χ1n) is 9.53. The fourth-order valence-corrected chi connectivity index (χ4v) is 3.73. The van der Waals surface area contributed by atoms with E-state index in [1.807, 2.05) is 36.4 Å². The van der Waals surface area contributed by atoms with E-state index in [9.17, 15) is 9.59 Å². The smallest absolute Gasteiger partial charge is 0.258 e. The summed E-state index contributed by atoms with van der Waals surface area (Å²) in [6.45, 7) is 2.43. The van der Waals surface area contributed by atoms with Crippen molar-refractivity contribution in [2.24, 2.45) is 5.92 Å². The van der Waals surface area contributed by atoms with Crippen LogP contribution in [0.25, 0.3) is 0 Å². The summed E-state index contributed by atoms with van der Waals surface area (Å²) in [7, 11) is 1.96. The third-order valence-corrected chi connectivity index (χ3v) is 5.42. The van der Waals surface area contributed by atoms with Gasteiger partial charge in [-0.2, -0.15) is 11.8 Å². The molecule has 158 valence electrons. The Morgan fingerprint density at radius 3 is 2.54 bits per heavy atom. The topological polar surface area (TPSA) is 70.7 Å². The third-order valence-electron chi connectivity index (χ3n) is 4.78. The molecule has 2 rings (SSSR count). The molecule has 0 aromatic heterocycles. The van der Waals surface area contributed by atoms with Gasteiger partial charge in [-0.05, 0) is 62.9 Å². The molecule has 1 atom stereocenters. The highest BCUT2D eigenvalue weighted by atomic mass is 35.5. The van der Waals surface area contributed by atoms with Crippen LogP contribution in [0.3, 0.4) is 0 Å². The van der Waals surface area contributed by atoms with Gasteiger partial charge < -0.3 is 20.3 Å². The number of piperidine rings is 1. The SMILES string of the molecule is CNCC1CCN(C(=O)C(CCSC)NC(=O)COc2ccccc2)CC1.Cl. The number of para-hydroxylation sites is 1. The second-order valence-electron chi connectivity index (χ2n) is 6.83. The molecule has 2 amide bonds. The number of rotatable bonds is 10. The van der Waals surface area contributed by atoms with Crippen LogP contribution < -0.4 is 15.4 Å². The molecule has 1 unspecified atom stereocenters. The van der Waals surface area contributed by atoms with E-state index in [-0.39, 0.29) is 30.8 Å². The van der Waals surface area contributed by atoms with Gasteiger partial charge in [0.25, 0.3) is 5.91 Å². The number of likely N-dealkylation sites (tertiary alicyclic amines) is 1. The van der Waals surface area contributed by atoms with E-state index in [0.717, 1.165) is 38.2 Å². The summed E-state index contributed by atoms with van der Waals surface area (Å²) in [4.78, 5) is 27.1. The number of nitrogens with zero attached hydrogens (tertiary/aromatic N) is 1. The lowest BCUT2D eigenvalue weighted by Gasteiger charge is -2.34. The van der Waals surface area contributed by atoms with E-state index in [1.165, 1.54) is 0 Å². The van der Waals surface area contributed by atoms with E-state index in [4.69, 9.17) is 4.74 Å². The molecule has 0 spiro atoms. The van der Waals surface area contributed by atoms with Crippen LogP contribution in [0.5, 0.6) is 5.75 Å². The molecule has 1 fully saturated rings. The van der Waals surface area contributed by atoms with Crippen molar-refractivity contribution >= 4 is 36.0 Å². The maximum atomic E-state index is 12.9. The number of thioether (sulfide) groups is 1. The van der Waals surface area contributed by atoms with Gasteiger partial charge in [0.05, 0.1) is 0 Å². The van der Waals surface area contributed by atoms with Crippen molar-refractivity contribution in [3.8, 4) is 5.75 Å². The fourth-order valence-electron chi connectivity index (χ4n) is 3.26. The lowest BCUT2D eigenvalue weighted by Crippen LogP contribution is -2.52. The van der Waals surface area contributed by atoms with Gasteiger partial charge >= 0.3 is 0 Å². The van der Waals surface area contributed by atoms with Crippen molar-refractivity contribution in [1.82, 2.24) is 15.5 Å². The summed E-state index contributed by atoms with van der Waals surface area (Å²) in [5.74, 6) is 1.86. The molecule has 0 aliphatic carbocycles.